The maximum absolute atomic E-state index is 3.72. The van der Waals surface area contributed by atoms with E-state index >= 15 is 0 Å². The van der Waals surface area contributed by atoms with E-state index in [9.17, 15) is 0 Å². The fourth-order valence-electron chi connectivity index (χ4n) is 0.497. The minimum Gasteiger partial charge on any atom is -0.670 e. The predicted molar refractivity (Wildman–Crippen MR) is 39.5 cm³/mol. The van der Waals surface area contributed by atoms with E-state index in [0.717, 1.165) is 0 Å². The van der Waals surface area contributed by atoms with Gasteiger partial charge in [-0.05, 0) is 0 Å². The van der Waals surface area contributed by atoms with Crippen LogP contribution < -0.4 is 9.97 Å². The fraction of sp³-hybridized carbons (Fsp3) is 0. The van der Waals surface area contributed by atoms with Gasteiger partial charge in [-0.2, -0.15) is 24.8 Å². The molecule has 2 nitrogen and oxygen atoms in total. The standard InChI is InChI=1S/2C4H4N.Zn/c2*1-2-4-5-3-1;/h2*1-4H;/q2*-1;+2. The molecule has 2 heterocycles. The van der Waals surface area contributed by atoms with Gasteiger partial charge in [0.2, 0.25) is 0 Å². The van der Waals surface area contributed by atoms with E-state index < -0.39 is 0 Å². The number of aromatic nitrogens is 2. The molecule has 11 heavy (non-hydrogen) atoms. The average molecular weight is 198 g/mol. The quantitative estimate of drug-likeness (QED) is 0.596. The Bertz CT molecular complexity index is 151. The van der Waals surface area contributed by atoms with Gasteiger partial charge in [0.1, 0.15) is 0 Å². The Morgan fingerprint density at radius 2 is 0.818 bits per heavy atom. The molecule has 2 aromatic heterocycles. The average Bonchev–Trinajstić information content (AvgIpc) is 2.67. The molecular formula is C8H8N2Zn. The van der Waals surface area contributed by atoms with Gasteiger partial charge in [0.15, 0.2) is 0 Å². The molecule has 0 atom stereocenters. The van der Waals surface area contributed by atoms with Gasteiger partial charge >= 0.3 is 19.5 Å². The van der Waals surface area contributed by atoms with Crippen LogP contribution in [0.15, 0.2) is 49.1 Å². The maximum atomic E-state index is 3.72. The van der Waals surface area contributed by atoms with Crippen molar-refractivity contribution in [2.45, 2.75) is 0 Å². The minimum absolute atomic E-state index is 0. The summed E-state index contributed by atoms with van der Waals surface area (Å²) in [6, 6.07) is 7.56. The first-order valence-electron chi connectivity index (χ1n) is 3.03. The summed E-state index contributed by atoms with van der Waals surface area (Å²) in [7, 11) is 0. The molecule has 0 amide bonds. The molecular weight excluding hydrogens is 189 g/mol. The molecule has 0 bridgehead atoms. The van der Waals surface area contributed by atoms with Gasteiger partial charge in [-0.3, -0.25) is 0 Å². The first-order valence-corrected chi connectivity index (χ1v) is 3.03. The Morgan fingerprint density at radius 1 is 0.545 bits per heavy atom. The number of rotatable bonds is 0. The zero-order valence-corrected chi connectivity index (χ0v) is 9.19. The van der Waals surface area contributed by atoms with Crippen molar-refractivity contribution in [3.8, 4) is 0 Å². The molecule has 0 fully saturated rings. The van der Waals surface area contributed by atoms with E-state index in [-0.39, 0.29) is 19.5 Å². The summed E-state index contributed by atoms with van der Waals surface area (Å²) < 4.78 is 0. The topological polar surface area (TPSA) is 28.2 Å². The summed E-state index contributed by atoms with van der Waals surface area (Å²) in [5.41, 5.74) is 0. The molecule has 0 N–H and O–H groups in total. The van der Waals surface area contributed by atoms with E-state index in [2.05, 4.69) is 9.97 Å². The normalized spacial score (nSPS) is 7.27. The monoisotopic (exact) mass is 196 g/mol. The third-order valence-corrected chi connectivity index (χ3v) is 0.911. The second-order valence-electron chi connectivity index (χ2n) is 1.66. The van der Waals surface area contributed by atoms with E-state index in [1.165, 1.54) is 0 Å². The summed E-state index contributed by atoms with van der Waals surface area (Å²) >= 11 is 0. The van der Waals surface area contributed by atoms with Crippen LogP contribution >= 0.6 is 0 Å². The van der Waals surface area contributed by atoms with Crippen molar-refractivity contribution in [1.82, 2.24) is 9.97 Å². The molecule has 0 aromatic carbocycles. The second-order valence-corrected chi connectivity index (χ2v) is 1.66. The van der Waals surface area contributed by atoms with Gasteiger partial charge in [0.05, 0.1) is 0 Å². The van der Waals surface area contributed by atoms with Crippen molar-refractivity contribution >= 4 is 0 Å². The smallest absolute Gasteiger partial charge is 0.670 e. The van der Waals surface area contributed by atoms with Crippen LogP contribution in [0, 0.1) is 0 Å². The molecule has 0 aliphatic heterocycles. The molecule has 0 unspecified atom stereocenters. The van der Waals surface area contributed by atoms with Crippen molar-refractivity contribution in [3.05, 3.63) is 49.1 Å². The van der Waals surface area contributed by atoms with Crippen LogP contribution in [0.2, 0.25) is 0 Å². The van der Waals surface area contributed by atoms with Crippen molar-refractivity contribution in [2.24, 2.45) is 0 Å². The van der Waals surface area contributed by atoms with Crippen LogP contribution in [-0.4, -0.2) is 0 Å². The van der Waals surface area contributed by atoms with Gasteiger partial charge in [0, 0.05) is 0 Å². The Kier molecular flexibility index (Phi) is 6.75. The van der Waals surface area contributed by atoms with Crippen LogP contribution in [0.25, 0.3) is 0 Å². The van der Waals surface area contributed by atoms with Crippen molar-refractivity contribution < 1.29 is 19.5 Å². The first-order chi connectivity index (χ1) is 5.00. The van der Waals surface area contributed by atoms with E-state index in [4.69, 9.17) is 0 Å². The molecule has 52 valence electrons. The van der Waals surface area contributed by atoms with E-state index in [1.54, 1.807) is 24.8 Å². The minimum atomic E-state index is 0. The van der Waals surface area contributed by atoms with Gasteiger partial charge in [-0.15, -0.1) is 0 Å². The third kappa shape index (κ3) is 5.62. The number of nitrogens with zero attached hydrogens (tertiary/aromatic N) is 2. The first kappa shape index (κ1) is 10.2. The summed E-state index contributed by atoms with van der Waals surface area (Å²) in [4.78, 5) is 7.44. The number of hydrogen-bond acceptors (Lipinski definition) is 0. The summed E-state index contributed by atoms with van der Waals surface area (Å²) in [6.07, 6.45) is 7.00. The predicted octanol–water partition coefficient (Wildman–Crippen LogP) is 1.29. The van der Waals surface area contributed by atoms with E-state index in [1.807, 2.05) is 24.3 Å². The van der Waals surface area contributed by atoms with E-state index in [0.29, 0.717) is 0 Å². The van der Waals surface area contributed by atoms with Gasteiger partial charge < -0.3 is 9.97 Å². The molecule has 2 rings (SSSR count). The van der Waals surface area contributed by atoms with Gasteiger partial charge in [-0.25, -0.2) is 0 Å². The molecule has 0 spiro atoms. The van der Waals surface area contributed by atoms with Crippen LogP contribution in [0.3, 0.4) is 0 Å². The molecule has 3 heteroatoms. The molecule has 0 radical (unpaired) electrons. The summed E-state index contributed by atoms with van der Waals surface area (Å²) in [5, 5.41) is 0. The van der Waals surface area contributed by atoms with Gasteiger partial charge in [-0.1, -0.05) is 24.3 Å². The SMILES string of the molecule is [Zn+2].c1cc[n-]c1.c1cc[n-]c1. The summed E-state index contributed by atoms with van der Waals surface area (Å²) in [6.45, 7) is 0. The zero-order valence-electron chi connectivity index (χ0n) is 6.22. The maximum Gasteiger partial charge on any atom is 2.00 e. The zero-order chi connectivity index (χ0) is 7.07. The molecule has 2 aromatic rings. The Hall–Kier alpha value is -0.817. The summed E-state index contributed by atoms with van der Waals surface area (Å²) in [5.74, 6) is 0. The van der Waals surface area contributed by atoms with Gasteiger partial charge in [0.25, 0.3) is 0 Å². The van der Waals surface area contributed by atoms with Crippen LogP contribution in [0.1, 0.15) is 0 Å². The fourth-order valence-corrected chi connectivity index (χ4v) is 0.497. The van der Waals surface area contributed by atoms with Crippen LogP contribution in [0.5, 0.6) is 0 Å². The third-order valence-electron chi connectivity index (χ3n) is 0.911. The van der Waals surface area contributed by atoms with Crippen LogP contribution in [0.4, 0.5) is 0 Å². The van der Waals surface area contributed by atoms with Crippen molar-refractivity contribution in [1.29, 1.82) is 0 Å². The molecule has 0 saturated heterocycles. The molecule has 0 aliphatic rings. The molecule has 0 saturated carbocycles. The largest absolute Gasteiger partial charge is 2.00 e. The van der Waals surface area contributed by atoms with Crippen LogP contribution in [-0.2, 0) is 19.5 Å². The Labute approximate surface area is 78.8 Å². The number of hydrogen-bond donors (Lipinski definition) is 0. The van der Waals surface area contributed by atoms with Crippen molar-refractivity contribution in [2.75, 3.05) is 0 Å². The second kappa shape index (κ2) is 7.29. The van der Waals surface area contributed by atoms with Crippen molar-refractivity contribution in [3.63, 3.8) is 0 Å². The Balaban J connectivity index is 0.000000167. The Morgan fingerprint density at radius 3 is 0.909 bits per heavy atom. The molecule has 0 aliphatic carbocycles.